The van der Waals surface area contributed by atoms with Crippen molar-refractivity contribution in [2.24, 2.45) is 17.8 Å². The van der Waals surface area contributed by atoms with Crippen LogP contribution >= 0.6 is 11.6 Å². The lowest BCUT2D eigenvalue weighted by Gasteiger charge is -2.24. The fraction of sp³-hybridized carbons (Fsp3) is 0.562. The number of H-pyrrole nitrogens is 1. The van der Waals surface area contributed by atoms with Gasteiger partial charge in [0.1, 0.15) is 0 Å². The second kappa shape index (κ2) is 4.66. The molecule has 2 aliphatic rings. The first-order valence-electron chi connectivity index (χ1n) is 7.46. The minimum atomic E-state index is -0.406. The summed E-state index contributed by atoms with van der Waals surface area (Å²) in [4.78, 5) is 13.8. The molecule has 2 saturated carbocycles. The van der Waals surface area contributed by atoms with Crippen molar-refractivity contribution in [3.8, 4) is 0 Å². The Morgan fingerprint density at radius 2 is 2.25 bits per heavy atom. The van der Waals surface area contributed by atoms with Crippen molar-refractivity contribution in [1.29, 1.82) is 0 Å². The monoisotopic (exact) mass is 291 g/mol. The van der Waals surface area contributed by atoms with E-state index >= 15 is 0 Å². The predicted molar refractivity (Wildman–Crippen MR) is 79.0 cm³/mol. The summed E-state index contributed by atoms with van der Waals surface area (Å²) >= 11 is 6.60. The van der Waals surface area contributed by atoms with Crippen molar-refractivity contribution in [2.75, 3.05) is 0 Å². The number of aromatic nitrogens is 1. The number of nitrogens with one attached hydrogen (secondary N) is 1. The number of aromatic amines is 1. The van der Waals surface area contributed by atoms with Crippen LogP contribution in [0.15, 0.2) is 27.4 Å². The molecule has 2 bridgehead atoms. The SMILES string of the molecule is O=c1[nH]c2ccc(C(Cl)CC3CC4CCC3C4)cc2o1. The standard InChI is InChI=1S/C16H18ClNO2/c17-13(7-12-6-9-1-2-10(12)5-9)11-3-4-14-15(8-11)20-16(19)18-14/h3-4,8-10,12-13H,1-2,5-7H2,(H,18,19). The van der Waals surface area contributed by atoms with Crippen LogP contribution in [0.1, 0.15) is 43.0 Å². The van der Waals surface area contributed by atoms with Gasteiger partial charge in [-0.2, -0.15) is 0 Å². The Hall–Kier alpha value is -1.22. The number of halogens is 1. The fourth-order valence-electron chi connectivity index (χ4n) is 4.22. The van der Waals surface area contributed by atoms with Gasteiger partial charge in [-0.05, 0) is 61.1 Å². The van der Waals surface area contributed by atoms with Crippen molar-refractivity contribution < 1.29 is 4.42 Å². The van der Waals surface area contributed by atoms with Gasteiger partial charge in [0.15, 0.2) is 5.58 Å². The summed E-state index contributed by atoms with van der Waals surface area (Å²) in [6, 6.07) is 5.78. The first-order chi connectivity index (χ1) is 9.69. The normalized spacial score (nSPS) is 30.1. The van der Waals surface area contributed by atoms with Crippen LogP contribution in [0.3, 0.4) is 0 Å². The van der Waals surface area contributed by atoms with Gasteiger partial charge >= 0.3 is 5.76 Å². The number of rotatable bonds is 3. The molecule has 1 aromatic heterocycles. The third-order valence-corrected chi connectivity index (χ3v) is 5.63. The van der Waals surface area contributed by atoms with E-state index in [-0.39, 0.29) is 5.38 Å². The first kappa shape index (κ1) is 12.5. The van der Waals surface area contributed by atoms with Crippen molar-refractivity contribution in [3.63, 3.8) is 0 Å². The lowest BCUT2D eigenvalue weighted by atomic mass is 9.84. The molecule has 0 radical (unpaired) electrons. The highest BCUT2D eigenvalue weighted by Gasteiger charge is 2.40. The Morgan fingerprint density at radius 1 is 1.35 bits per heavy atom. The summed E-state index contributed by atoms with van der Waals surface area (Å²) in [5.74, 6) is 2.23. The zero-order valence-electron chi connectivity index (χ0n) is 11.3. The largest absolute Gasteiger partial charge is 0.417 e. The lowest BCUT2D eigenvalue weighted by molar-refractivity contribution is 0.312. The van der Waals surface area contributed by atoms with Gasteiger partial charge in [0, 0.05) is 0 Å². The molecule has 1 heterocycles. The van der Waals surface area contributed by atoms with Gasteiger partial charge in [0.25, 0.3) is 0 Å². The van der Waals surface area contributed by atoms with E-state index < -0.39 is 5.76 Å². The number of hydrogen-bond acceptors (Lipinski definition) is 2. The molecule has 0 amide bonds. The average Bonchev–Trinajstić information content (AvgIpc) is 3.10. The summed E-state index contributed by atoms with van der Waals surface area (Å²) in [7, 11) is 0. The minimum absolute atomic E-state index is 0.0175. The topological polar surface area (TPSA) is 46.0 Å². The second-order valence-electron chi connectivity index (χ2n) is 6.41. The highest BCUT2D eigenvalue weighted by atomic mass is 35.5. The summed E-state index contributed by atoms with van der Waals surface area (Å²) in [5.41, 5.74) is 2.40. The molecule has 106 valence electrons. The molecule has 0 spiro atoms. The van der Waals surface area contributed by atoms with Crippen molar-refractivity contribution in [3.05, 3.63) is 34.3 Å². The van der Waals surface area contributed by atoms with Gasteiger partial charge in [0.05, 0.1) is 10.9 Å². The maximum Gasteiger partial charge on any atom is 0.417 e. The van der Waals surface area contributed by atoms with E-state index in [0.717, 1.165) is 35.3 Å². The van der Waals surface area contributed by atoms with Crippen LogP contribution in [0.5, 0.6) is 0 Å². The molecule has 0 saturated heterocycles. The van der Waals surface area contributed by atoms with Crippen molar-refractivity contribution in [2.45, 2.75) is 37.5 Å². The van der Waals surface area contributed by atoms with Gasteiger partial charge < -0.3 is 4.42 Å². The maximum absolute atomic E-state index is 11.2. The number of oxazole rings is 1. The van der Waals surface area contributed by atoms with E-state index in [4.69, 9.17) is 16.0 Å². The molecule has 4 unspecified atom stereocenters. The number of alkyl halides is 1. The minimum Gasteiger partial charge on any atom is -0.408 e. The lowest BCUT2D eigenvalue weighted by Crippen LogP contribution is -2.12. The van der Waals surface area contributed by atoms with Crippen LogP contribution in [-0.2, 0) is 0 Å². The molecule has 1 aromatic carbocycles. The summed E-state index contributed by atoms with van der Waals surface area (Å²) in [6.45, 7) is 0. The maximum atomic E-state index is 11.2. The smallest absolute Gasteiger partial charge is 0.408 e. The van der Waals surface area contributed by atoms with Crippen LogP contribution in [-0.4, -0.2) is 4.98 Å². The van der Waals surface area contributed by atoms with E-state index in [1.165, 1.54) is 25.7 Å². The Morgan fingerprint density at radius 3 is 3.00 bits per heavy atom. The van der Waals surface area contributed by atoms with Crippen LogP contribution in [0.25, 0.3) is 11.1 Å². The van der Waals surface area contributed by atoms with Gasteiger partial charge in [-0.15, -0.1) is 11.6 Å². The molecule has 4 heteroatoms. The first-order valence-corrected chi connectivity index (χ1v) is 7.89. The molecule has 0 aliphatic heterocycles. The van der Waals surface area contributed by atoms with Crippen molar-refractivity contribution >= 4 is 22.7 Å². The molecule has 2 aliphatic carbocycles. The molecule has 3 nitrogen and oxygen atoms in total. The molecule has 20 heavy (non-hydrogen) atoms. The highest BCUT2D eigenvalue weighted by molar-refractivity contribution is 6.20. The molecule has 4 rings (SSSR count). The van der Waals surface area contributed by atoms with E-state index in [9.17, 15) is 4.79 Å². The second-order valence-corrected chi connectivity index (χ2v) is 6.94. The summed E-state index contributed by atoms with van der Waals surface area (Å²) < 4.78 is 5.11. The Balaban J connectivity index is 1.54. The molecule has 1 N–H and O–H groups in total. The van der Waals surface area contributed by atoms with Crippen LogP contribution in [0.2, 0.25) is 0 Å². The third kappa shape index (κ3) is 2.08. The van der Waals surface area contributed by atoms with Crippen LogP contribution in [0.4, 0.5) is 0 Å². The molecular weight excluding hydrogens is 274 g/mol. The van der Waals surface area contributed by atoms with E-state index in [1.807, 2.05) is 18.2 Å². The number of hydrogen-bond donors (Lipinski definition) is 1. The van der Waals surface area contributed by atoms with E-state index in [0.29, 0.717) is 5.58 Å². The van der Waals surface area contributed by atoms with Crippen LogP contribution < -0.4 is 5.76 Å². The summed E-state index contributed by atoms with van der Waals surface area (Å²) in [5, 5.41) is 0.0175. The van der Waals surface area contributed by atoms with Gasteiger partial charge in [-0.3, -0.25) is 4.98 Å². The average molecular weight is 292 g/mol. The molecule has 2 fully saturated rings. The number of benzene rings is 1. The zero-order chi connectivity index (χ0) is 13.7. The van der Waals surface area contributed by atoms with Gasteiger partial charge in [0.2, 0.25) is 0 Å². The quantitative estimate of drug-likeness (QED) is 0.860. The van der Waals surface area contributed by atoms with Gasteiger partial charge in [-0.25, -0.2) is 4.79 Å². The molecule has 2 aromatic rings. The fourth-order valence-corrected chi connectivity index (χ4v) is 4.59. The van der Waals surface area contributed by atoms with Crippen LogP contribution in [0, 0.1) is 17.8 Å². The zero-order valence-corrected chi connectivity index (χ0v) is 12.0. The van der Waals surface area contributed by atoms with E-state index in [2.05, 4.69) is 4.98 Å². The van der Waals surface area contributed by atoms with Crippen molar-refractivity contribution in [1.82, 2.24) is 4.98 Å². The summed E-state index contributed by atoms with van der Waals surface area (Å²) in [6.07, 6.45) is 6.64. The van der Waals surface area contributed by atoms with E-state index in [1.54, 1.807) is 0 Å². The Bertz CT molecular complexity index is 689. The third-order valence-electron chi connectivity index (χ3n) is 5.20. The highest BCUT2D eigenvalue weighted by Crippen LogP contribution is 2.51. The molecular formula is C16H18ClNO2. The Labute approximate surface area is 122 Å². The predicted octanol–water partition coefficient (Wildman–Crippen LogP) is 4.23. The Kier molecular flexibility index (Phi) is 2.92. The molecule has 4 atom stereocenters. The number of fused-ring (bicyclic) bond motifs is 3. The van der Waals surface area contributed by atoms with Gasteiger partial charge in [-0.1, -0.05) is 12.5 Å².